The maximum atomic E-state index is 12.7. The lowest BCUT2D eigenvalue weighted by Crippen LogP contribution is -2.51. The molecule has 1 amide bonds. The fraction of sp³-hybridized carbons (Fsp3) is 0.500. The Kier molecular flexibility index (Phi) is 5.52. The van der Waals surface area contributed by atoms with Crippen LogP contribution in [0.1, 0.15) is 16.1 Å². The van der Waals surface area contributed by atoms with Crippen LogP contribution >= 0.6 is 0 Å². The molecule has 2 saturated heterocycles. The number of hydrogen-bond donors (Lipinski definition) is 0. The third kappa shape index (κ3) is 4.37. The van der Waals surface area contributed by atoms with Gasteiger partial charge in [-0.2, -0.15) is 0 Å². The van der Waals surface area contributed by atoms with Crippen LogP contribution in [0.4, 0.5) is 0 Å². The summed E-state index contributed by atoms with van der Waals surface area (Å²) < 4.78 is 16.5. The topological polar surface area (TPSA) is 68.0 Å². The number of aromatic nitrogens is 1. The monoisotopic (exact) mass is 371 g/mol. The molecule has 7 nitrogen and oxygen atoms in total. The molecule has 0 saturated carbocycles. The van der Waals surface area contributed by atoms with E-state index in [4.69, 9.17) is 14.0 Å². The van der Waals surface area contributed by atoms with Crippen LogP contribution in [-0.2, 0) is 9.47 Å². The number of piperazine rings is 1. The third-order valence-corrected chi connectivity index (χ3v) is 5.07. The van der Waals surface area contributed by atoms with Crippen molar-refractivity contribution in [3.05, 3.63) is 41.7 Å². The first-order valence-electron chi connectivity index (χ1n) is 9.44. The number of aryl methyl sites for hydroxylation is 1. The van der Waals surface area contributed by atoms with Gasteiger partial charge in [-0.25, -0.2) is 0 Å². The van der Waals surface area contributed by atoms with Gasteiger partial charge in [0.15, 0.2) is 0 Å². The average Bonchev–Trinajstić information content (AvgIpc) is 3.20. The molecule has 3 heterocycles. The summed E-state index contributed by atoms with van der Waals surface area (Å²) in [5, 5.41) is 4.06. The van der Waals surface area contributed by atoms with Crippen molar-refractivity contribution in [2.75, 3.05) is 52.5 Å². The third-order valence-electron chi connectivity index (χ3n) is 5.07. The quantitative estimate of drug-likeness (QED) is 0.817. The maximum absolute atomic E-state index is 12.7. The Morgan fingerprint density at radius 2 is 1.93 bits per heavy atom. The standard InChI is InChI=1S/C20H25N3O4/c1-15-2-4-16(5-3-15)18-12-19(27-21-18)20(24)23-8-6-22(7-9-23)13-17-14-25-10-11-26-17/h2-5,12,17H,6-11,13-14H2,1H3/t17-/m1/s1. The molecule has 1 aromatic carbocycles. The average molecular weight is 371 g/mol. The molecule has 0 spiro atoms. The predicted molar refractivity (Wildman–Crippen MR) is 99.6 cm³/mol. The molecule has 4 rings (SSSR count). The zero-order valence-electron chi connectivity index (χ0n) is 15.6. The van der Waals surface area contributed by atoms with Gasteiger partial charge in [-0.05, 0) is 6.92 Å². The summed E-state index contributed by atoms with van der Waals surface area (Å²) in [5.41, 5.74) is 2.82. The van der Waals surface area contributed by atoms with E-state index in [2.05, 4.69) is 10.1 Å². The Morgan fingerprint density at radius 1 is 1.15 bits per heavy atom. The molecule has 2 aliphatic heterocycles. The van der Waals surface area contributed by atoms with Crippen LogP contribution < -0.4 is 0 Å². The highest BCUT2D eigenvalue weighted by Crippen LogP contribution is 2.21. The van der Waals surface area contributed by atoms with Crippen LogP contribution in [-0.4, -0.2) is 79.5 Å². The lowest BCUT2D eigenvalue weighted by Gasteiger charge is -2.36. The smallest absolute Gasteiger partial charge is 0.292 e. The van der Waals surface area contributed by atoms with Crippen LogP contribution in [0.5, 0.6) is 0 Å². The number of benzene rings is 1. The molecule has 0 N–H and O–H groups in total. The zero-order chi connectivity index (χ0) is 18.6. The van der Waals surface area contributed by atoms with Crippen LogP contribution in [0.15, 0.2) is 34.9 Å². The lowest BCUT2D eigenvalue weighted by molar-refractivity contribution is -0.0994. The summed E-state index contributed by atoms with van der Waals surface area (Å²) in [4.78, 5) is 16.9. The summed E-state index contributed by atoms with van der Waals surface area (Å²) in [5.74, 6) is 0.195. The molecule has 1 atom stereocenters. The van der Waals surface area contributed by atoms with Gasteiger partial charge in [-0.1, -0.05) is 35.0 Å². The van der Waals surface area contributed by atoms with Gasteiger partial charge >= 0.3 is 0 Å². The van der Waals surface area contributed by atoms with Gasteiger partial charge in [0, 0.05) is 44.4 Å². The second kappa shape index (κ2) is 8.21. The number of hydrogen-bond acceptors (Lipinski definition) is 6. The van der Waals surface area contributed by atoms with Gasteiger partial charge < -0.3 is 18.9 Å². The van der Waals surface area contributed by atoms with Gasteiger partial charge in [0.05, 0.1) is 25.9 Å². The van der Waals surface area contributed by atoms with Crippen LogP contribution in [0.3, 0.4) is 0 Å². The first-order chi connectivity index (χ1) is 13.2. The summed E-state index contributed by atoms with van der Waals surface area (Å²) in [7, 11) is 0. The second-order valence-corrected chi connectivity index (χ2v) is 7.10. The van der Waals surface area contributed by atoms with Gasteiger partial charge in [0.25, 0.3) is 5.91 Å². The molecule has 2 fully saturated rings. The summed E-state index contributed by atoms with van der Waals surface area (Å²) in [6, 6.07) is 9.73. The molecule has 1 aromatic heterocycles. The van der Waals surface area contributed by atoms with Gasteiger partial charge in [-0.3, -0.25) is 9.69 Å². The molecule has 0 radical (unpaired) electrons. The van der Waals surface area contributed by atoms with E-state index in [0.717, 1.165) is 25.2 Å². The van der Waals surface area contributed by atoms with E-state index in [1.165, 1.54) is 5.56 Å². The molecule has 27 heavy (non-hydrogen) atoms. The lowest BCUT2D eigenvalue weighted by atomic mass is 10.1. The minimum Gasteiger partial charge on any atom is -0.376 e. The fourth-order valence-corrected chi connectivity index (χ4v) is 3.46. The number of rotatable bonds is 4. The number of ether oxygens (including phenoxy) is 2. The van der Waals surface area contributed by atoms with Crippen molar-refractivity contribution in [1.29, 1.82) is 0 Å². The van der Waals surface area contributed by atoms with Crippen LogP contribution in [0.2, 0.25) is 0 Å². The summed E-state index contributed by atoms with van der Waals surface area (Å²) in [6.45, 7) is 7.88. The summed E-state index contributed by atoms with van der Waals surface area (Å²) >= 11 is 0. The van der Waals surface area contributed by atoms with E-state index in [1.54, 1.807) is 6.07 Å². The highest BCUT2D eigenvalue weighted by atomic mass is 16.6. The fourth-order valence-electron chi connectivity index (χ4n) is 3.46. The largest absolute Gasteiger partial charge is 0.376 e. The molecular formula is C20H25N3O4. The van der Waals surface area contributed by atoms with Crippen molar-refractivity contribution < 1.29 is 18.8 Å². The molecule has 7 heteroatoms. The number of nitrogens with zero attached hydrogens (tertiary/aromatic N) is 3. The first kappa shape index (κ1) is 18.2. The van der Waals surface area contributed by atoms with Crippen molar-refractivity contribution in [3.8, 4) is 11.3 Å². The normalized spacial score (nSPS) is 21.4. The minimum atomic E-state index is -0.0993. The van der Waals surface area contributed by atoms with Crippen molar-refractivity contribution in [3.63, 3.8) is 0 Å². The predicted octanol–water partition coefficient (Wildman–Crippen LogP) is 1.82. The Morgan fingerprint density at radius 3 is 2.63 bits per heavy atom. The van der Waals surface area contributed by atoms with Crippen LogP contribution in [0.25, 0.3) is 11.3 Å². The van der Waals surface area contributed by atoms with E-state index in [9.17, 15) is 4.79 Å². The Hall–Kier alpha value is -2.22. The van der Waals surface area contributed by atoms with Gasteiger partial charge in [0.1, 0.15) is 5.69 Å². The molecule has 0 aliphatic carbocycles. The van der Waals surface area contributed by atoms with E-state index in [0.29, 0.717) is 44.4 Å². The minimum absolute atomic E-state index is 0.0993. The van der Waals surface area contributed by atoms with Crippen molar-refractivity contribution in [1.82, 2.24) is 15.0 Å². The maximum Gasteiger partial charge on any atom is 0.292 e. The second-order valence-electron chi connectivity index (χ2n) is 7.10. The molecule has 0 unspecified atom stereocenters. The number of carbonyl (C=O) groups excluding carboxylic acids is 1. The Balaban J connectivity index is 1.32. The molecular weight excluding hydrogens is 346 g/mol. The zero-order valence-corrected chi connectivity index (χ0v) is 15.6. The Bertz CT molecular complexity index is 760. The van der Waals surface area contributed by atoms with E-state index >= 15 is 0 Å². The Labute approximate surface area is 158 Å². The van der Waals surface area contributed by atoms with Crippen molar-refractivity contribution in [2.45, 2.75) is 13.0 Å². The first-order valence-corrected chi connectivity index (χ1v) is 9.44. The highest BCUT2D eigenvalue weighted by molar-refractivity contribution is 5.92. The molecule has 0 bridgehead atoms. The van der Waals surface area contributed by atoms with E-state index in [-0.39, 0.29) is 12.0 Å². The highest BCUT2D eigenvalue weighted by Gasteiger charge is 2.27. The number of amides is 1. The van der Waals surface area contributed by atoms with E-state index < -0.39 is 0 Å². The van der Waals surface area contributed by atoms with Gasteiger partial charge in [0.2, 0.25) is 5.76 Å². The molecule has 2 aromatic rings. The number of carbonyl (C=O) groups is 1. The van der Waals surface area contributed by atoms with Crippen LogP contribution in [0, 0.1) is 6.92 Å². The molecule has 2 aliphatic rings. The van der Waals surface area contributed by atoms with Crippen molar-refractivity contribution >= 4 is 5.91 Å². The van der Waals surface area contributed by atoms with Gasteiger partial charge in [-0.15, -0.1) is 0 Å². The van der Waals surface area contributed by atoms with E-state index in [1.807, 2.05) is 36.1 Å². The summed E-state index contributed by atoms with van der Waals surface area (Å²) in [6.07, 6.45) is 0.132. The van der Waals surface area contributed by atoms with Crippen molar-refractivity contribution in [2.24, 2.45) is 0 Å². The SMILES string of the molecule is Cc1ccc(-c2cc(C(=O)N3CCN(C[C@@H]4COCCO4)CC3)on2)cc1. The molecule has 144 valence electrons.